The van der Waals surface area contributed by atoms with E-state index in [1.165, 1.54) is 12.0 Å². The fourth-order valence-corrected chi connectivity index (χ4v) is 7.42. The standard InChI is InChI=1S/C37H38N4O3/c1-37-22-26-11-7-8-14-30(26)31(37)20-34-33(21-32(37)35(42)39(2)27-12-5-4-6-13-27)40(24-25-10-9-19-38-23-25)36(43)41(34)28-15-17-29(44-3)18-16-28/h7-11,14-21,23,27H,4-6,12-13,22,24H2,1-3H3/t37-/m0/s1. The minimum Gasteiger partial charge on any atom is -0.497 e. The highest BCUT2D eigenvalue weighted by molar-refractivity contribution is 6.07. The van der Waals surface area contributed by atoms with Crippen LogP contribution in [0, 0.1) is 5.41 Å². The molecule has 0 aliphatic heterocycles. The maximum absolute atomic E-state index is 14.7. The molecule has 0 bridgehead atoms. The van der Waals surface area contributed by atoms with Gasteiger partial charge in [0.1, 0.15) is 5.75 Å². The maximum Gasteiger partial charge on any atom is 0.334 e. The number of fused-ring (bicyclic) bond motifs is 4. The molecule has 0 saturated heterocycles. The summed E-state index contributed by atoms with van der Waals surface area (Å²) in [5.41, 5.74) is 6.60. The van der Waals surface area contributed by atoms with Gasteiger partial charge in [-0.2, -0.15) is 0 Å². The molecule has 2 aromatic carbocycles. The summed E-state index contributed by atoms with van der Waals surface area (Å²) in [4.78, 5) is 35.4. The maximum atomic E-state index is 14.7. The van der Waals surface area contributed by atoms with Crippen LogP contribution >= 0.6 is 0 Å². The van der Waals surface area contributed by atoms with Crippen molar-refractivity contribution in [3.63, 3.8) is 0 Å². The van der Waals surface area contributed by atoms with E-state index in [0.29, 0.717) is 6.54 Å². The number of carbonyl (C=O) groups is 1. The first-order chi connectivity index (χ1) is 21.4. The Morgan fingerprint density at radius 1 is 1.00 bits per heavy atom. The quantitative estimate of drug-likeness (QED) is 0.263. The highest BCUT2D eigenvalue weighted by Gasteiger charge is 2.46. The Kier molecular flexibility index (Phi) is 7.11. The van der Waals surface area contributed by atoms with Gasteiger partial charge in [0.15, 0.2) is 0 Å². The van der Waals surface area contributed by atoms with Crippen molar-refractivity contribution >= 4 is 23.6 Å². The van der Waals surface area contributed by atoms with Crippen molar-refractivity contribution in [2.24, 2.45) is 5.41 Å². The van der Waals surface area contributed by atoms with Crippen molar-refractivity contribution in [3.8, 4) is 11.4 Å². The number of rotatable bonds is 6. The molecule has 44 heavy (non-hydrogen) atoms. The fraction of sp³-hybridized carbons (Fsp3) is 0.324. The van der Waals surface area contributed by atoms with E-state index in [1.807, 2.05) is 54.4 Å². The van der Waals surface area contributed by atoms with Crippen LogP contribution in [0.2, 0.25) is 0 Å². The number of imidazole rings is 1. The summed E-state index contributed by atoms with van der Waals surface area (Å²) in [6.07, 6.45) is 14.0. The van der Waals surface area contributed by atoms with Crippen LogP contribution in [-0.4, -0.2) is 45.1 Å². The average Bonchev–Trinajstić information content (AvgIpc) is 3.44. The third-order valence-electron chi connectivity index (χ3n) is 9.89. The van der Waals surface area contributed by atoms with Crippen molar-refractivity contribution < 1.29 is 9.53 Å². The van der Waals surface area contributed by atoms with Gasteiger partial charge < -0.3 is 9.64 Å². The molecule has 7 nitrogen and oxygen atoms in total. The van der Waals surface area contributed by atoms with Gasteiger partial charge in [0.05, 0.1) is 30.7 Å². The van der Waals surface area contributed by atoms with Crippen LogP contribution in [0.4, 0.5) is 0 Å². The lowest BCUT2D eigenvalue weighted by Gasteiger charge is -2.36. The first kappa shape index (κ1) is 28.1. The topological polar surface area (TPSA) is 69.4 Å². The van der Waals surface area contributed by atoms with E-state index in [4.69, 9.17) is 4.74 Å². The molecule has 1 saturated carbocycles. The van der Waals surface area contributed by atoms with Crippen LogP contribution in [0.25, 0.3) is 23.4 Å². The number of likely N-dealkylation sites (N-methyl/N-ethyl adjacent to an activating group) is 1. The second-order valence-electron chi connectivity index (χ2n) is 12.5. The van der Waals surface area contributed by atoms with E-state index in [9.17, 15) is 9.59 Å². The number of ether oxygens (including phenoxy) is 1. The molecule has 7 rings (SSSR count). The van der Waals surface area contributed by atoms with E-state index in [0.717, 1.165) is 77.2 Å². The molecule has 1 fully saturated rings. The molecule has 0 spiro atoms. The van der Waals surface area contributed by atoms with Gasteiger partial charge in [0.2, 0.25) is 0 Å². The number of hydrogen-bond donors (Lipinski definition) is 0. The summed E-state index contributed by atoms with van der Waals surface area (Å²) in [6.45, 7) is 2.54. The molecule has 7 heteroatoms. The minimum atomic E-state index is -0.553. The highest BCUT2D eigenvalue weighted by atomic mass is 16.5. The van der Waals surface area contributed by atoms with Gasteiger partial charge in [-0.25, -0.2) is 4.79 Å². The van der Waals surface area contributed by atoms with Crippen LogP contribution in [0.1, 0.15) is 67.1 Å². The lowest BCUT2D eigenvalue weighted by Crippen LogP contribution is -2.42. The minimum absolute atomic E-state index is 0.0449. The normalized spacial score (nSPS) is 19.2. The predicted octanol–water partition coefficient (Wildman–Crippen LogP) is 6.38. The molecule has 1 amide bonds. The summed E-state index contributed by atoms with van der Waals surface area (Å²) < 4.78 is 8.97. The molecular weight excluding hydrogens is 548 g/mol. The zero-order valence-corrected chi connectivity index (χ0v) is 25.6. The van der Waals surface area contributed by atoms with E-state index in [-0.39, 0.29) is 17.6 Å². The molecule has 0 N–H and O–H groups in total. The first-order valence-corrected chi connectivity index (χ1v) is 15.6. The van der Waals surface area contributed by atoms with Gasteiger partial charge in [-0.1, -0.05) is 56.5 Å². The van der Waals surface area contributed by atoms with Crippen molar-refractivity contribution in [2.45, 2.75) is 58.0 Å². The van der Waals surface area contributed by atoms with Crippen LogP contribution in [0.15, 0.2) is 83.4 Å². The highest BCUT2D eigenvalue weighted by Crippen LogP contribution is 2.54. The number of allylic oxidation sites excluding steroid dienone is 1. The average molecular weight is 587 g/mol. The van der Waals surface area contributed by atoms with Crippen LogP contribution in [-0.2, 0) is 17.8 Å². The monoisotopic (exact) mass is 586 g/mol. The number of benzene rings is 2. The second-order valence-corrected chi connectivity index (χ2v) is 12.5. The zero-order valence-electron chi connectivity index (χ0n) is 25.6. The Morgan fingerprint density at radius 3 is 2.50 bits per heavy atom. The van der Waals surface area contributed by atoms with Gasteiger partial charge >= 0.3 is 5.69 Å². The zero-order chi connectivity index (χ0) is 30.4. The summed E-state index contributed by atoms with van der Waals surface area (Å²) >= 11 is 0. The molecule has 4 aromatic rings. The Bertz CT molecular complexity index is 1840. The van der Waals surface area contributed by atoms with E-state index < -0.39 is 5.41 Å². The number of carbonyl (C=O) groups excluding carboxylic acids is 1. The number of pyridine rings is 1. The largest absolute Gasteiger partial charge is 0.497 e. The Morgan fingerprint density at radius 2 is 1.77 bits per heavy atom. The van der Waals surface area contributed by atoms with Crippen LogP contribution < -0.4 is 10.4 Å². The first-order valence-electron chi connectivity index (χ1n) is 15.6. The van der Waals surface area contributed by atoms with Gasteiger partial charge in [0, 0.05) is 36.5 Å². The number of nitrogens with zero attached hydrogens (tertiary/aromatic N) is 4. The predicted molar refractivity (Wildman–Crippen MR) is 174 cm³/mol. The lowest BCUT2D eigenvalue weighted by atomic mass is 9.75. The van der Waals surface area contributed by atoms with Crippen LogP contribution in [0.5, 0.6) is 5.75 Å². The molecule has 0 unspecified atom stereocenters. The van der Waals surface area contributed by atoms with Gasteiger partial charge in [-0.15, -0.1) is 0 Å². The van der Waals surface area contributed by atoms with Crippen LogP contribution in [0.3, 0.4) is 0 Å². The third-order valence-corrected chi connectivity index (χ3v) is 9.89. The van der Waals surface area contributed by atoms with E-state index in [2.05, 4.69) is 42.2 Å². The molecule has 1 atom stereocenters. The van der Waals surface area contributed by atoms with E-state index >= 15 is 0 Å². The van der Waals surface area contributed by atoms with Crippen molar-refractivity contribution in [2.75, 3.05) is 14.2 Å². The summed E-state index contributed by atoms with van der Waals surface area (Å²) in [5, 5.41) is 0. The van der Waals surface area contributed by atoms with Gasteiger partial charge in [-0.3, -0.25) is 18.9 Å². The molecule has 224 valence electrons. The number of amides is 1. The molecule has 2 aromatic heterocycles. The molecular formula is C37H38N4O3. The van der Waals surface area contributed by atoms with Crippen molar-refractivity contribution in [1.82, 2.24) is 19.0 Å². The number of methoxy groups -OCH3 is 1. The number of aromatic nitrogens is 3. The Labute approximate surface area is 258 Å². The van der Waals surface area contributed by atoms with E-state index in [1.54, 1.807) is 28.6 Å². The SMILES string of the molecule is COc1ccc(-n2c3c(n(Cc4cccnc4)c2=O)C=C(C(=O)N(C)C2CCCCC2)[C@@]2(C)Cc4ccccc4C2=C3)cc1. The van der Waals surface area contributed by atoms with Crippen molar-refractivity contribution in [3.05, 3.63) is 117 Å². The lowest BCUT2D eigenvalue weighted by molar-refractivity contribution is -0.129. The summed E-state index contributed by atoms with van der Waals surface area (Å²) in [6, 6.07) is 20.1. The smallest absolute Gasteiger partial charge is 0.334 e. The van der Waals surface area contributed by atoms with Crippen molar-refractivity contribution in [1.29, 1.82) is 0 Å². The van der Waals surface area contributed by atoms with Gasteiger partial charge in [0.25, 0.3) is 5.91 Å². The Hall–Kier alpha value is -4.65. The molecule has 2 heterocycles. The fourth-order valence-electron chi connectivity index (χ4n) is 7.42. The number of hydrogen-bond acceptors (Lipinski definition) is 4. The second kappa shape index (κ2) is 11.1. The molecule has 0 radical (unpaired) electrons. The molecule has 3 aliphatic rings. The summed E-state index contributed by atoms with van der Waals surface area (Å²) in [7, 11) is 3.60. The Balaban J connectivity index is 1.49. The third kappa shape index (κ3) is 4.62. The molecule has 3 aliphatic carbocycles. The van der Waals surface area contributed by atoms with Gasteiger partial charge in [-0.05, 0) is 84.0 Å². The summed E-state index contributed by atoms with van der Waals surface area (Å²) in [5.74, 6) is 0.764.